The predicted octanol–water partition coefficient (Wildman–Crippen LogP) is 5.57. The lowest BCUT2D eigenvalue weighted by atomic mass is 9.80. The summed E-state index contributed by atoms with van der Waals surface area (Å²) in [5, 5.41) is 2.89. The molecule has 1 fully saturated rings. The molecule has 0 bridgehead atoms. The van der Waals surface area contributed by atoms with Gasteiger partial charge in [-0.25, -0.2) is 0 Å². The van der Waals surface area contributed by atoms with Crippen molar-refractivity contribution in [3.05, 3.63) is 23.4 Å². The smallest absolute Gasteiger partial charge is 0.211 e. The minimum absolute atomic E-state index is 0.504. The third-order valence-corrected chi connectivity index (χ3v) is 4.99. The highest BCUT2D eigenvalue weighted by atomic mass is 16.1. The quantitative estimate of drug-likeness (QED) is 0.241. The van der Waals surface area contributed by atoms with E-state index >= 15 is 0 Å². The van der Waals surface area contributed by atoms with Gasteiger partial charge in [0.1, 0.15) is 0 Å². The minimum atomic E-state index is 0.504. The Hall–Kier alpha value is -1.38. The Morgan fingerprint density at radius 1 is 1.12 bits per heavy atom. The average molecular weight is 333 g/mol. The van der Waals surface area contributed by atoms with Gasteiger partial charge >= 0.3 is 0 Å². The number of nitrogens with one attached hydrogen (secondary N) is 1. The predicted molar refractivity (Wildman–Crippen MR) is 104 cm³/mol. The number of hydrogen-bond donors (Lipinski definition) is 1. The van der Waals surface area contributed by atoms with Crippen molar-refractivity contribution in [3.63, 3.8) is 0 Å². The number of nitrogens with zero attached hydrogens (tertiary/aromatic N) is 1. The van der Waals surface area contributed by atoms with E-state index in [2.05, 4.69) is 23.8 Å². The Kier molecular flexibility index (Phi) is 11.2. The van der Waals surface area contributed by atoms with Crippen LogP contribution in [0.1, 0.15) is 84.0 Å². The number of rotatable bonds is 10. The Morgan fingerprint density at radius 2 is 1.79 bits per heavy atom. The van der Waals surface area contributed by atoms with Crippen LogP contribution in [0.2, 0.25) is 0 Å². The molecule has 1 rings (SSSR count). The van der Waals surface area contributed by atoms with Crippen molar-refractivity contribution in [2.45, 2.75) is 84.0 Å². The van der Waals surface area contributed by atoms with E-state index in [0.29, 0.717) is 5.92 Å². The first-order chi connectivity index (χ1) is 11.7. The molecule has 0 unspecified atom stereocenters. The molecule has 0 saturated heterocycles. The van der Waals surface area contributed by atoms with Crippen LogP contribution in [0.5, 0.6) is 0 Å². The summed E-state index contributed by atoms with van der Waals surface area (Å²) < 4.78 is 0. The molecule has 24 heavy (non-hydrogen) atoms. The Labute approximate surface area is 148 Å². The van der Waals surface area contributed by atoms with Crippen LogP contribution in [-0.2, 0) is 4.79 Å². The fraction of sp³-hybridized carbons (Fsp3) is 0.714. The van der Waals surface area contributed by atoms with Crippen LogP contribution in [0.4, 0.5) is 0 Å². The monoisotopic (exact) mass is 332 g/mol. The SMILES string of the molecule is C=C(CCCCCC)/C(=C(\C=NC)NC=O)C1CCCCCCC1. The number of aliphatic imine (C=N–C) groups is 1. The van der Waals surface area contributed by atoms with Crippen LogP contribution < -0.4 is 5.32 Å². The van der Waals surface area contributed by atoms with Gasteiger partial charge in [-0.15, -0.1) is 0 Å². The van der Waals surface area contributed by atoms with E-state index in [-0.39, 0.29) is 0 Å². The van der Waals surface area contributed by atoms with E-state index in [1.807, 2.05) is 0 Å². The number of hydrogen-bond acceptors (Lipinski definition) is 2. The molecule has 0 aromatic rings. The largest absolute Gasteiger partial charge is 0.327 e. The van der Waals surface area contributed by atoms with Gasteiger partial charge in [0.25, 0.3) is 0 Å². The lowest BCUT2D eigenvalue weighted by Crippen LogP contribution is -2.20. The molecule has 0 radical (unpaired) electrons. The third kappa shape index (κ3) is 7.46. The molecule has 136 valence electrons. The fourth-order valence-electron chi connectivity index (χ4n) is 3.72. The van der Waals surface area contributed by atoms with Gasteiger partial charge in [-0.3, -0.25) is 9.79 Å². The summed E-state index contributed by atoms with van der Waals surface area (Å²) in [4.78, 5) is 15.2. The topological polar surface area (TPSA) is 41.5 Å². The van der Waals surface area contributed by atoms with Crippen molar-refractivity contribution < 1.29 is 4.79 Å². The van der Waals surface area contributed by atoms with Crippen LogP contribution in [-0.4, -0.2) is 19.7 Å². The van der Waals surface area contributed by atoms with Crippen molar-refractivity contribution in [2.24, 2.45) is 10.9 Å². The first-order valence-electron chi connectivity index (χ1n) is 9.79. The lowest BCUT2D eigenvalue weighted by molar-refractivity contribution is -0.108. The zero-order valence-corrected chi connectivity index (χ0v) is 15.8. The number of allylic oxidation sites excluding steroid dienone is 3. The Morgan fingerprint density at radius 3 is 2.38 bits per heavy atom. The summed E-state index contributed by atoms with van der Waals surface area (Å²) in [5.41, 5.74) is 3.31. The molecular formula is C21H36N2O. The van der Waals surface area contributed by atoms with Gasteiger partial charge in [0.2, 0.25) is 6.41 Å². The van der Waals surface area contributed by atoms with Crippen LogP contribution >= 0.6 is 0 Å². The van der Waals surface area contributed by atoms with Gasteiger partial charge in [-0.1, -0.05) is 64.9 Å². The summed E-state index contributed by atoms with van der Waals surface area (Å²) in [7, 11) is 1.76. The van der Waals surface area contributed by atoms with Gasteiger partial charge in [0.05, 0.1) is 5.70 Å². The standard InChI is InChI=1S/C21H36N2O/c1-4-5-6-10-13-18(2)21(20(16-22-3)23-17-24)19-14-11-8-7-9-12-15-19/h16-17,19H,2,4-15H2,1,3H3,(H,23,24)/b21-20-,22-16?. The number of carbonyl (C=O) groups excluding carboxylic acids is 1. The van der Waals surface area contributed by atoms with Crippen LogP contribution in [0.25, 0.3) is 0 Å². The Bertz CT molecular complexity index is 429. The second kappa shape index (κ2) is 13.0. The number of carbonyl (C=O) groups is 1. The maximum absolute atomic E-state index is 11.1. The number of unbranched alkanes of at least 4 members (excludes halogenated alkanes) is 3. The van der Waals surface area contributed by atoms with Gasteiger partial charge < -0.3 is 5.32 Å². The molecule has 1 aliphatic rings. The second-order valence-electron chi connectivity index (χ2n) is 6.93. The van der Waals surface area contributed by atoms with Crippen molar-refractivity contribution in [2.75, 3.05) is 7.05 Å². The van der Waals surface area contributed by atoms with Gasteiger partial charge in [0, 0.05) is 13.3 Å². The van der Waals surface area contributed by atoms with E-state index < -0.39 is 0 Å². The first-order valence-corrected chi connectivity index (χ1v) is 9.79. The highest BCUT2D eigenvalue weighted by Crippen LogP contribution is 2.34. The average Bonchev–Trinajstić information content (AvgIpc) is 2.54. The molecule has 3 nitrogen and oxygen atoms in total. The van der Waals surface area contributed by atoms with E-state index in [1.165, 1.54) is 81.8 Å². The van der Waals surface area contributed by atoms with Crippen molar-refractivity contribution >= 4 is 12.6 Å². The van der Waals surface area contributed by atoms with E-state index in [0.717, 1.165) is 18.5 Å². The number of amides is 1. The zero-order chi connectivity index (χ0) is 17.6. The summed E-state index contributed by atoms with van der Waals surface area (Å²) in [5.74, 6) is 0.504. The van der Waals surface area contributed by atoms with Gasteiger partial charge in [-0.05, 0) is 42.7 Å². The van der Waals surface area contributed by atoms with Gasteiger partial charge in [0.15, 0.2) is 0 Å². The van der Waals surface area contributed by atoms with Crippen molar-refractivity contribution in [3.8, 4) is 0 Å². The summed E-state index contributed by atoms with van der Waals surface area (Å²) in [6.07, 6.45) is 17.5. The molecule has 3 heteroatoms. The van der Waals surface area contributed by atoms with E-state index in [4.69, 9.17) is 0 Å². The van der Waals surface area contributed by atoms with E-state index in [9.17, 15) is 4.79 Å². The van der Waals surface area contributed by atoms with Crippen LogP contribution in [0.3, 0.4) is 0 Å². The minimum Gasteiger partial charge on any atom is -0.327 e. The molecule has 0 atom stereocenters. The van der Waals surface area contributed by atoms with Crippen LogP contribution in [0.15, 0.2) is 28.4 Å². The highest BCUT2D eigenvalue weighted by Gasteiger charge is 2.21. The zero-order valence-electron chi connectivity index (χ0n) is 15.8. The molecule has 1 aliphatic carbocycles. The Balaban J connectivity index is 2.97. The first kappa shape index (κ1) is 20.7. The molecule has 0 aromatic heterocycles. The summed E-state index contributed by atoms with van der Waals surface area (Å²) in [6, 6.07) is 0. The molecule has 0 aromatic carbocycles. The maximum Gasteiger partial charge on any atom is 0.211 e. The highest BCUT2D eigenvalue weighted by molar-refractivity contribution is 5.83. The van der Waals surface area contributed by atoms with E-state index in [1.54, 1.807) is 13.3 Å². The molecule has 0 spiro atoms. The third-order valence-electron chi connectivity index (χ3n) is 4.99. The molecule has 1 saturated carbocycles. The lowest BCUT2D eigenvalue weighted by Gasteiger charge is -2.26. The van der Waals surface area contributed by atoms with Crippen molar-refractivity contribution in [1.82, 2.24) is 5.32 Å². The fourth-order valence-corrected chi connectivity index (χ4v) is 3.72. The summed E-state index contributed by atoms with van der Waals surface area (Å²) >= 11 is 0. The van der Waals surface area contributed by atoms with Crippen LogP contribution in [0, 0.1) is 5.92 Å². The summed E-state index contributed by atoms with van der Waals surface area (Å²) in [6.45, 7) is 6.63. The van der Waals surface area contributed by atoms with Gasteiger partial charge in [-0.2, -0.15) is 0 Å². The molecule has 1 amide bonds. The maximum atomic E-state index is 11.1. The molecule has 0 heterocycles. The second-order valence-corrected chi connectivity index (χ2v) is 6.93. The molecule has 0 aliphatic heterocycles. The molecule has 1 N–H and O–H groups in total. The normalized spacial score (nSPS) is 17.9. The molecular weight excluding hydrogens is 296 g/mol. The van der Waals surface area contributed by atoms with Crippen molar-refractivity contribution in [1.29, 1.82) is 0 Å².